The number of hydrogen-bond donors (Lipinski definition) is 0. The molecule has 7 heteroatoms. The maximum Gasteiger partial charge on any atom is 0.147 e. The maximum absolute atomic E-state index is 10.2. The fourth-order valence-electron chi connectivity index (χ4n) is 13.8. The van der Waals surface area contributed by atoms with Crippen molar-refractivity contribution in [3.05, 3.63) is 307 Å². The lowest BCUT2D eigenvalue weighted by molar-refractivity contribution is 0.364. The Bertz CT molecular complexity index is 5500. The van der Waals surface area contributed by atoms with Gasteiger partial charge in [-0.05, 0) is 131 Å². The number of allylic oxidation sites excluding steroid dienone is 1. The highest BCUT2D eigenvalue weighted by atomic mass is 15.2. The lowest BCUT2D eigenvalue weighted by atomic mass is 9.96. The minimum Gasteiger partial charge on any atom is -0.349 e. The molecule has 0 saturated carbocycles. The molecule has 0 amide bonds. The van der Waals surface area contributed by atoms with Crippen LogP contribution in [0.25, 0.3) is 127 Å². The van der Waals surface area contributed by atoms with Crippen LogP contribution in [0.3, 0.4) is 0 Å². The predicted octanol–water partition coefficient (Wildman–Crippen LogP) is 19.1. The van der Waals surface area contributed by atoms with E-state index < -0.39 is 0 Å². The summed E-state index contributed by atoms with van der Waals surface area (Å²) in [5.74, 6) is 0. The van der Waals surface area contributed by atoms with E-state index in [2.05, 4.69) is 309 Å². The van der Waals surface area contributed by atoms with Crippen LogP contribution in [-0.4, -0.2) is 35.9 Å². The van der Waals surface area contributed by atoms with Crippen LogP contribution in [0.2, 0.25) is 0 Å². The Morgan fingerprint density at radius 2 is 0.812 bits per heavy atom. The zero-order valence-corrected chi connectivity index (χ0v) is 46.3. The van der Waals surface area contributed by atoms with Crippen LogP contribution >= 0.6 is 0 Å². The molecule has 398 valence electrons. The van der Waals surface area contributed by atoms with Gasteiger partial charge in [0.25, 0.3) is 0 Å². The molecule has 12 aromatic carbocycles. The molecule has 1 aliphatic heterocycles. The van der Waals surface area contributed by atoms with Gasteiger partial charge in [0.15, 0.2) is 0 Å². The van der Waals surface area contributed by atoms with Crippen LogP contribution in [-0.2, 0) is 0 Å². The molecular weight excluding hydrogens is 1030 g/mol. The molecule has 0 fully saturated rings. The third kappa shape index (κ3) is 7.42. The summed E-state index contributed by atoms with van der Waals surface area (Å²) in [6.07, 6.45) is 1.97. The molecular formula is C78H51N7. The fourth-order valence-corrected chi connectivity index (χ4v) is 13.8. The molecule has 0 bridgehead atoms. The SMILES string of the molecule is CN1C(c2ccccc2)=CC(c2cccc3c2c2ccccc2n3-c2ccc3c(c2)c2ccccc2n3-c2ccccc2)=NC1c1ccc(-c2ccc3c4cc(-n5c6ccccc6c6c(C#N)cccc65)ccc4n(-c4ccccc4)c3c2)cc1. The molecule has 5 heterocycles. The second-order valence-electron chi connectivity index (χ2n) is 22.2. The van der Waals surface area contributed by atoms with Crippen molar-refractivity contribution in [3.8, 4) is 39.9 Å². The van der Waals surface area contributed by atoms with E-state index in [-0.39, 0.29) is 6.17 Å². The minimum atomic E-state index is -0.310. The number of nitrogens with zero attached hydrogens (tertiary/aromatic N) is 7. The summed E-state index contributed by atoms with van der Waals surface area (Å²) in [6, 6.07) is 103. The molecule has 0 spiro atoms. The number of hydrogen-bond acceptors (Lipinski definition) is 3. The Kier molecular flexibility index (Phi) is 10.8. The number of fused-ring (bicyclic) bond motifs is 12. The smallest absolute Gasteiger partial charge is 0.147 e. The Morgan fingerprint density at radius 1 is 0.341 bits per heavy atom. The lowest BCUT2D eigenvalue weighted by Crippen LogP contribution is -2.27. The summed E-state index contributed by atoms with van der Waals surface area (Å²) in [4.78, 5) is 8.06. The van der Waals surface area contributed by atoms with Gasteiger partial charge < -0.3 is 23.2 Å². The van der Waals surface area contributed by atoms with Crippen molar-refractivity contribution in [1.29, 1.82) is 5.26 Å². The van der Waals surface area contributed by atoms with Gasteiger partial charge in [-0.3, -0.25) is 4.99 Å². The van der Waals surface area contributed by atoms with Gasteiger partial charge in [0.2, 0.25) is 0 Å². The van der Waals surface area contributed by atoms with E-state index in [0.717, 1.165) is 117 Å². The van der Waals surface area contributed by atoms with Gasteiger partial charge in [-0.1, -0.05) is 176 Å². The van der Waals surface area contributed by atoms with Crippen molar-refractivity contribution in [3.63, 3.8) is 0 Å². The van der Waals surface area contributed by atoms with E-state index in [1.54, 1.807) is 0 Å². The van der Waals surface area contributed by atoms with E-state index in [1.807, 2.05) is 12.1 Å². The molecule has 1 unspecified atom stereocenters. The van der Waals surface area contributed by atoms with Crippen molar-refractivity contribution in [1.82, 2.24) is 23.2 Å². The largest absolute Gasteiger partial charge is 0.349 e. The second kappa shape index (κ2) is 19.1. The van der Waals surface area contributed by atoms with Crippen LogP contribution in [0.15, 0.2) is 290 Å². The minimum absolute atomic E-state index is 0.310. The zero-order chi connectivity index (χ0) is 56.3. The molecule has 17 rings (SSSR count). The third-order valence-electron chi connectivity index (χ3n) is 17.6. The first-order chi connectivity index (χ1) is 42.1. The molecule has 0 N–H and O–H groups in total. The molecule has 16 aromatic rings. The summed E-state index contributed by atoms with van der Waals surface area (Å²) in [5.41, 5.74) is 21.7. The predicted molar refractivity (Wildman–Crippen MR) is 352 cm³/mol. The van der Waals surface area contributed by atoms with Gasteiger partial charge in [0.1, 0.15) is 6.17 Å². The molecule has 0 radical (unpaired) electrons. The molecule has 85 heavy (non-hydrogen) atoms. The summed E-state index contributed by atoms with van der Waals surface area (Å²) < 4.78 is 9.50. The summed E-state index contributed by atoms with van der Waals surface area (Å²) in [6.45, 7) is 0. The number of benzene rings is 12. The summed E-state index contributed by atoms with van der Waals surface area (Å²) in [5, 5.41) is 19.4. The van der Waals surface area contributed by atoms with Gasteiger partial charge in [0.05, 0.1) is 61.5 Å². The molecule has 1 aliphatic rings. The highest BCUT2D eigenvalue weighted by Gasteiger charge is 2.28. The topological polar surface area (TPSA) is 59.1 Å². The van der Waals surface area contributed by atoms with Crippen molar-refractivity contribution in [2.75, 3.05) is 7.05 Å². The van der Waals surface area contributed by atoms with E-state index in [4.69, 9.17) is 4.99 Å². The van der Waals surface area contributed by atoms with Crippen LogP contribution in [0, 0.1) is 11.3 Å². The summed E-state index contributed by atoms with van der Waals surface area (Å²) >= 11 is 0. The quantitative estimate of drug-likeness (QED) is 0.152. The second-order valence-corrected chi connectivity index (χ2v) is 22.2. The first kappa shape index (κ1) is 48.3. The average molecular weight is 1090 g/mol. The van der Waals surface area contributed by atoms with Gasteiger partial charge in [-0.15, -0.1) is 0 Å². The number of para-hydroxylation sites is 5. The number of aromatic nitrogens is 4. The van der Waals surface area contributed by atoms with Gasteiger partial charge >= 0.3 is 0 Å². The Balaban J connectivity index is 0.779. The molecule has 0 saturated heterocycles. The Morgan fingerprint density at radius 3 is 1.44 bits per heavy atom. The fraction of sp³-hybridized carbons (Fsp3) is 0.0256. The van der Waals surface area contributed by atoms with Crippen LogP contribution in [0.1, 0.15) is 28.4 Å². The van der Waals surface area contributed by atoms with Crippen LogP contribution in [0.4, 0.5) is 0 Å². The Hall–Kier alpha value is -11.5. The van der Waals surface area contributed by atoms with E-state index in [9.17, 15) is 5.26 Å². The van der Waals surface area contributed by atoms with Crippen molar-refractivity contribution >= 4 is 98.6 Å². The average Bonchev–Trinajstić information content (AvgIpc) is 2.06. The van der Waals surface area contributed by atoms with Gasteiger partial charge in [-0.25, -0.2) is 0 Å². The Labute approximate surface area is 490 Å². The highest BCUT2D eigenvalue weighted by molar-refractivity contribution is 6.25. The summed E-state index contributed by atoms with van der Waals surface area (Å²) in [7, 11) is 2.17. The van der Waals surface area contributed by atoms with Crippen LogP contribution in [0.5, 0.6) is 0 Å². The lowest BCUT2D eigenvalue weighted by Gasteiger charge is -2.34. The normalized spacial score (nSPS) is 13.7. The van der Waals surface area contributed by atoms with Gasteiger partial charge in [0, 0.05) is 84.1 Å². The van der Waals surface area contributed by atoms with Gasteiger partial charge in [-0.2, -0.15) is 5.26 Å². The first-order valence-electron chi connectivity index (χ1n) is 28.9. The van der Waals surface area contributed by atoms with Crippen molar-refractivity contribution < 1.29 is 0 Å². The van der Waals surface area contributed by atoms with Crippen molar-refractivity contribution in [2.24, 2.45) is 4.99 Å². The molecule has 0 aliphatic carbocycles. The van der Waals surface area contributed by atoms with E-state index in [1.165, 1.54) is 32.6 Å². The number of aliphatic imine (C=N–C) groups is 1. The maximum atomic E-state index is 10.2. The monoisotopic (exact) mass is 1090 g/mol. The van der Waals surface area contributed by atoms with Crippen LogP contribution < -0.4 is 0 Å². The highest BCUT2D eigenvalue weighted by Crippen LogP contribution is 2.43. The first-order valence-corrected chi connectivity index (χ1v) is 28.9. The van der Waals surface area contributed by atoms with E-state index >= 15 is 0 Å². The number of nitriles is 1. The molecule has 7 nitrogen and oxygen atoms in total. The zero-order valence-electron chi connectivity index (χ0n) is 46.3. The third-order valence-corrected chi connectivity index (χ3v) is 17.6. The molecule has 4 aromatic heterocycles. The number of rotatable bonds is 8. The van der Waals surface area contributed by atoms with E-state index in [0.29, 0.717) is 5.56 Å². The molecule has 1 atom stereocenters. The standard InChI is InChI=1S/C78H51N7/c1-81-74(51-19-5-2-6-20-51)48-66(61-29-18-34-73-77(61)63-28-13-16-32-69(63)85(73)58-40-43-70-64(46-58)59-26-11-14-30-67(59)82(70)55-22-7-3-8-23-55)80-78(81)52-37-35-50(36-38-52)53-39-42-60-65-47-57(41-44-71(65)83(75(60)45-53)56-24-9-4-10-25-56)84-68-31-15-12-27-62(68)76-54(49-79)21-17-33-72(76)84/h2-48,78H,1H3. The van der Waals surface area contributed by atoms with Crippen molar-refractivity contribution in [2.45, 2.75) is 6.17 Å².